The van der Waals surface area contributed by atoms with E-state index in [0.29, 0.717) is 28.7 Å². The molecule has 1 aliphatic rings. The van der Waals surface area contributed by atoms with Gasteiger partial charge in [-0.25, -0.2) is 0 Å². The molecule has 3 N–H and O–H groups in total. The summed E-state index contributed by atoms with van der Waals surface area (Å²) in [4.78, 5) is 0. The minimum Gasteiger partial charge on any atom is -0.327 e. The first-order chi connectivity index (χ1) is 8.56. The van der Waals surface area contributed by atoms with Crippen molar-refractivity contribution in [1.29, 1.82) is 0 Å². The third kappa shape index (κ3) is 4.19. The van der Waals surface area contributed by atoms with Crippen molar-refractivity contribution < 1.29 is 0 Å². The minimum atomic E-state index is 0.357. The lowest BCUT2D eigenvalue weighted by atomic mass is 9.61. The highest BCUT2D eigenvalue weighted by molar-refractivity contribution is 4.94. The van der Waals surface area contributed by atoms with Gasteiger partial charge < -0.3 is 11.1 Å². The third-order valence-corrected chi connectivity index (χ3v) is 6.04. The molecule has 1 fully saturated rings. The summed E-state index contributed by atoms with van der Waals surface area (Å²) in [5.74, 6) is 2.08. The van der Waals surface area contributed by atoms with Crippen LogP contribution in [-0.4, -0.2) is 19.1 Å². The number of hydrogen-bond acceptors (Lipinski definition) is 2. The highest BCUT2D eigenvalue weighted by Gasteiger charge is 2.41. The smallest absolute Gasteiger partial charge is 0.00698 e. The molecule has 2 nitrogen and oxygen atoms in total. The Morgan fingerprint density at radius 2 is 1.84 bits per heavy atom. The second kappa shape index (κ2) is 6.13. The SMILES string of the molecule is CC(CNCC1CCC(N)C(C)C1(C)C)C(C)(C)C. The summed E-state index contributed by atoms with van der Waals surface area (Å²) in [6, 6.07) is 0.389. The number of rotatable bonds is 4. The van der Waals surface area contributed by atoms with Gasteiger partial charge in [-0.05, 0) is 54.5 Å². The molecule has 19 heavy (non-hydrogen) atoms. The Morgan fingerprint density at radius 3 is 2.37 bits per heavy atom. The fourth-order valence-electron chi connectivity index (χ4n) is 3.08. The minimum absolute atomic E-state index is 0.357. The van der Waals surface area contributed by atoms with Crippen molar-refractivity contribution in [1.82, 2.24) is 5.32 Å². The molecule has 1 rings (SSSR count). The maximum atomic E-state index is 6.23. The number of nitrogens with one attached hydrogen (secondary N) is 1. The normalized spacial score (nSPS) is 33.2. The van der Waals surface area contributed by atoms with Gasteiger partial charge in [0.25, 0.3) is 0 Å². The standard InChI is InChI=1S/C17H36N2/c1-12(16(3,4)5)10-19-11-14-8-9-15(18)13(2)17(14,6)7/h12-15,19H,8-11,18H2,1-7H3. The molecular weight excluding hydrogens is 232 g/mol. The Morgan fingerprint density at radius 1 is 1.26 bits per heavy atom. The first-order valence-electron chi connectivity index (χ1n) is 8.03. The third-order valence-electron chi connectivity index (χ3n) is 6.04. The van der Waals surface area contributed by atoms with Crippen LogP contribution in [0.1, 0.15) is 61.3 Å². The highest BCUT2D eigenvalue weighted by atomic mass is 14.9. The van der Waals surface area contributed by atoms with E-state index in [4.69, 9.17) is 5.73 Å². The van der Waals surface area contributed by atoms with Gasteiger partial charge in [0.1, 0.15) is 0 Å². The number of nitrogens with two attached hydrogens (primary N) is 1. The summed E-state index contributed by atoms with van der Waals surface area (Å²) >= 11 is 0. The van der Waals surface area contributed by atoms with Gasteiger partial charge in [0.05, 0.1) is 0 Å². The lowest BCUT2D eigenvalue weighted by Crippen LogP contribution is -2.49. The van der Waals surface area contributed by atoms with Crippen LogP contribution in [0.4, 0.5) is 0 Å². The lowest BCUT2D eigenvalue weighted by molar-refractivity contribution is 0.0527. The van der Waals surface area contributed by atoms with Crippen molar-refractivity contribution in [2.24, 2.45) is 34.3 Å². The molecule has 0 heterocycles. The van der Waals surface area contributed by atoms with E-state index in [1.165, 1.54) is 12.8 Å². The van der Waals surface area contributed by atoms with Crippen LogP contribution in [0.5, 0.6) is 0 Å². The molecule has 0 aliphatic heterocycles. The molecule has 0 saturated heterocycles. The summed E-state index contributed by atoms with van der Waals surface area (Å²) in [6.45, 7) is 18.7. The Balaban J connectivity index is 2.45. The molecule has 4 unspecified atom stereocenters. The van der Waals surface area contributed by atoms with Crippen molar-refractivity contribution in [2.75, 3.05) is 13.1 Å². The monoisotopic (exact) mass is 268 g/mol. The van der Waals surface area contributed by atoms with Gasteiger partial charge in [0.2, 0.25) is 0 Å². The van der Waals surface area contributed by atoms with Gasteiger partial charge in [-0.2, -0.15) is 0 Å². The molecule has 0 amide bonds. The van der Waals surface area contributed by atoms with Crippen molar-refractivity contribution in [3.8, 4) is 0 Å². The van der Waals surface area contributed by atoms with Crippen molar-refractivity contribution in [3.63, 3.8) is 0 Å². The molecule has 1 saturated carbocycles. The maximum absolute atomic E-state index is 6.23. The fourth-order valence-corrected chi connectivity index (χ4v) is 3.08. The van der Waals surface area contributed by atoms with Crippen LogP contribution >= 0.6 is 0 Å². The van der Waals surface area contributed by atoms with Gasteiger partial charge in [0, 0.05) is 6.04 Å². The van der Waals surface area contributed by atoms with E-state index in [0.717, 1.165) is 19.0 Å². The van der Waals surface area contributed by atoms with Crippen LogP contribution in [0.2, 0.25) is 0 Å². The van der Waals surface area contributed by atoms with Crippen molar-refractivity contribution in [3.05, 3.63) is 0 Å². The van der Waals surface area contributed by atoms with E-state index in [1.807, 2.05) is 0 Å². The maximum Gasteiger partial charge on any atom is 0.00698 e. The van der Waals surface area contributed by atoms with Gasteiger partial charge >= 0.3 is 0 Å². The van der Waals surface area contributed by atoms with Crippen LogP contribution in [-0.2, 0) is 0 Å². The summed E-state index contributed by atoms with van der Waals surface area (Å²) < 4.78 is 0. The molecule has 0 aromatic heterocycles. The number of hydrogen-bond donors (Lipinski definition) is 2. The van der Waals surface area contributed by atoms with Gasteiger partial charge in [-0.15, -0.1) is 0 Å². The van der Waals surface area contributed by atoms with Crippen molar-refractivity contribution >= 4 is 0 Å². The average molecular weight is 268 g/mol. The van der Waals surface area contributed by atoms with Gasteiger partial charge in [0.15, 0.2) is 0 Å². The van der Waals surface area contributed by atoms with E-state index >= 15 is 0 Å². The molecular formula is C17H36N2. The summed E-state index contributed by atoms with van der Waals surface area (Å²) in [5, 5.41) is 3.71. The van der Waals surface area contributed by atoms with E-state index < -0.39 is 0 Å². The van der Waals surface area contributed by atoms with Crippen molar-refractivity contribution in [2.45, 2.75) is 67.3 Å². The predicted octanol–water partition coefficient (Wildman–Crippen LogP) is 3.66. The first-order valence-corrected chi connectivity index (χ1v) is 8.03. The Hall–Kier alpha value is -0.0800. The zero-order chi connectivity index (χ0) is 14.8. The second-order valence-corrected chi connectivity index (χ2v) is 8.47. The molecule has 0 spiro atoms. The molecule has 1 aliphatic carbocycles. The molecule has 114 valence electrons. The van der Waals surface area contributed by atoms with Crippen LogP contribution in [0.3, 0.4) is 0 Å². The average Bonchev–Trinajstić information content (AvgIpc) is 2.28. The van der Waals surface area contributed by atoms with Gasteiger partial charge in [-0.1, -0.05) is 48.5 Å². The van der Waals surface area contributed by atoms with Crippen LogP contribution in [0.25, 0.3) is 0 Å². The summed E-state index contributed by atoms with van der Waals surface area (Å²) in [7, 11) is 0. The summed E-state index contributed by atoms with van der Waals surface area (Å²) in [5.41, 5.74) is 6.98. The Bertz CT molecular complexity index is 277. The van der Waals surface area contributed by atoms with Crippen LogP contribution < -0.4 is 11.1 Å². The molecule has 0 radical (unpaired) electrons. The topological polar surface area (TPSA) is 38.0 Å². The van der Waals surface area contributed by atoms with Crippen LogP contribution in [0.15, 0.2) is 0 Å². The zero-order valence-electron chi connectivity index (χ0n) is 14.2. The Labute approximate surface area is 120 Å². The molecule has 0 bridgehead atoms. The molecule has 2 heteroatoms. The van der Waals surface area contributed by atoms with E-state index in [9.17, 15) is 0 Å². The van der Waals surface area contributed by atoms with E-state index in [2.05, 4.69) is 53.8 Å². The second-order valence-electron chi connectivity index (χ2n) is 8.47. The molecule has 0 aromatic carbocycles. The Kier molecular flexibility index (Phi) is 5.48. The highest BCUT2D eigenvalue weighted by Crippen LogP contribution is 2.44. The largest absolute Gasteiger partial charge is 0.327 e. The fraction of sp³-hybridized carbons (Fsp3) is 1.00. The van der Waals surface area contributed by atoms with Gasteiger partial charge in [-0.3, -0.25) is 0 Å². The zero-order valence-corrected chi connectivity index (χ0v) is 14.2. The molecule has 4 atom stereocenters. The predicted molar refractivity (Wildman–Crippen MR) is 85.1 cm³/mol. The first kappa shape index (κ1) is 17.0. The van der Waals surface area contributed by atoms with E-state index in [1.54, 1.807) is 0 Å². The quantitative estimate of drug-likeness (QED) is 0.816. The molecule has 0 aromatic rings. The van der Waals surface area contributed by atoms with E-state index in [-0.39, 0.29) is 0 Å². The summed E-state index contributed by atoms with van der Waals surface area (Å²) in [6.07, 6.45) is 2.46. The lowest BCUT2D eigenvalue weighted by Gasteiger charge is -2.47. The van der Waals surface area contributed by atoms with Crippen LogP contribution in [0, 0.1) is 28.6 Å².